The zero-order chi connectivity index (χ0) is 21.8. The van der Waals surface area contributed by atoms with Crippen LogP contribution in [-0.4, -0.2) is 14.4 Å². The quantitative estimate of drug-likeness (QED) is 0.295. The Labute approximate surface area is 188 Å². The van der Waals surface area contributed by atoms with E-state index in [1.165, 1.54) is 12.1 Å². The van der Waals surface area contributed by atoms with Crippen molar-refractivity contribution < 1.29 is 14.4 Å². The number of hydrogen-bond acceptors (Lipinski definition) is 1. The van der Waals surface area contributed by atoms with E-state index in [1.54, 1.807) is 6.07 Å². The van der Waals surface area contributed by atoms with Gasteiger partial charge in [-0.25, -0.2) is 0 Å². The van der Waals surface area contributed by atoms with Crippen molar-refractivity contribution >= 4 is 57.9 Å². The minimum Gasteiger partial charge on any atom is -0.321 e. The fourth-order valence-corrected chi connectivity index (χ4v) is 4.85. The van der Waals surface area contributed by atoms with E-state index in [1.807, 2.05) is 66.7 Å². The van der Waals surface area contributed by atoms with Gasteiger partial charge in [0.15, 0.2) is 0 Å². The third kappa shape index (κ3) is 3.67. The first kappa shape index (κ1) is 20.3. The van der Waals surface area contributed by atoms with Crippen LogP contribution in [0.3, 0.4) is 0 Å². The van der Waals surface area contributed by atoms with E-state index in [2.05, 4.69) is 4.57 Å². The first-order valence-corrected chi connectivity index (χ1v) is 11.8. The van der Waals surface area contributed by atoms with Gasteiger partial charge in [0.1, 0.15) is 0 Å². The number of halogens is 2. The Hall–Kier alpha value is -2.59. The lowest BCUT2D eigenvalue weighted by Gasteiger charge is -2.12. The van der Waals surface area contributed by atoms with Gasteiger partial charge in [0.05, 0.1) is 16.3 Å². The lowest BCUT2D eigenvalue weighted by Crippen LogP contribution is -2.03. The summed E-state index contributed by atoms with van der Waals surface area (Å²) in [5, 5.41) is 3.38. The summed E-state index contributed by atoms with van der Waals surface area (Å²) in [7, 11) is -4.34. The first-order chi connectivity index (χ1) is 14.8. The fourth-order valence-electron chi connectivity index (χ4n) is 3.93. The van der Waals surface area contributed by atoms with Gasteiger partial charge in [0, 0.05) is 26.5 Å². The van der Waals surface area contributed by atoms with E-state index in [0.29, 0.717) is 10.0 Å². The van der Waals surface area contributed by atoms with Crippen LogP contribution in [0.25, 0.3) is 38.6 Å². The predicted molar refractivity (Wildman–Crippen MR) is 128 cm³/mol. The second kappa shape index (κ2) is 7.52. The van der Waals surface area contributed by atoms with E-state index in [0.717, 1.165) is 38.6 Å². The molecule has 4 aromatic carbocycles. The molecule has 154 valence electrons. The molecule has 0 fully saturated rings. The topological polar surface area (TPSA) is 62.5 Å². The van der Waals surface area contributed by atoms with Crippen LogP contribution in [0, 0.1) is 0 Å². The molecular weight excluding hydrogens is 452 g/mol. The van der Waals surface area contributed by atoms with Crippen LogP contribution in [0.5, 0.6) is 0 Å². The van der Waals surface area contributed by atoms with Crippen molar-refractivity contribution in [1.29, 1.82) is 0 Å². The molecule has 0 aliphatic heterocycles. The van der Waals surface area contributed by atoms with Crippen LogP contribution < -0.4 is 5.30 Å². The van der Waals surface area contributed by atoms with E-state index < -0.39 is 7.60 Å². The highest BCUT2D eigenvalue weighted by molar-refractivity contribution is 7.60. The summed E-state index contributed by atoms with van der Waals surface area (Å²) in [5.41, 5.74) is 4.35. The Morgan fingerprint density at radius 1 is 0.677 bits per heavy atom. The summed E-state index contributed by atoms with van der Waals surface area (Å²) in [5.74, 6) is 0. The first-order valence-electron chi connectivity index (χ1n) is 9.47. The Morgan fingerprint density at radius 2 is 1.23 bits per heavy atom. The van der Waals surface area contributed by atoms with Gasteiger partial charge in [0.25, 0.3) is 0 Å². The highest BCUT2D eigenvalue weighted by atomic mass is 35.5. The third-order valence-corrected chi connectivity index (χ3v) is 6.73. The molecule has 0 unspecified atom stereocenters. The second-order valence-corrected chi connectivity index (χ2v) is 9.78. The molecule has 0 aliphatic rings. The number of rotatable bonds is 3. The van der Waals surface area contributed by atoms with E-state index >= 15 is 0 Å². The number of fused-ring (bicyclic) bond motifs is 3. The SMILES string of the molecule is O=P(O)(O)c1cccc(-c2cccc(-n3c4cc(Cl)ccc4c4ccc(Cl)cc43)c2)c1. The Morgan fingerprint density at radius 3 is 1.81 bits per heavy atom. The van der Waals surface area contributed by atoms with Crippen molar-refractivity contribution in [3.05, 3.63) is 95.0 Å². The molecule has 0 spiro atoms. The van der Waals surface area contributed by atoms with Gasteiger partial charge in [0.2, 0.25) is 0 Å². The number of nitrogens with zero attached hydrogens (tertiary/aromatic N) is 1. The molecule has 31 heavy (non-hydrogen) atoms. The molecule has 0 saturated carbocycles. The molecule has 0 bridgehead atoms. The van der Waals surface area contributed by atoms with Crippen molar-refractivity contribution in [2.75, 3.05) is 0 Å². The molecule has 1 aromatic heterocycles. The van der Waals surface area contributed by atoms with Crippen LogP contribution in [0.2, 0.25) is 10.0 Å². The molecule has 0 aliphatic carbocycles. The second-order valence-electron chi connectivity index (χ2n) is 7.30. The third-order valence-electron chi connectivity index (χ3n) is 5.31. The molecule has 0 amide bonds. The number of hydrogen-bond donors (Lipinski definition) is 2. The van der Waals surface area contributed by atoms with Crippen molar-refractivity contribution in [3.8, 4) is 16.8 Å². The molecule has 0 atom stereocenters. The zero-order valence-corrected chi connectivity index (χ0v) is 18.4. The standard InChI is InChI=1S/C24H16Cl2NO3P/c25-17-7-9-21-22-10-8-18(26)14-24(22)27(23(21)13-17)19-5-1-3-15(11-19)16-4-2-6-20(12-16)31(28,29)30/h1-14H,(H2,28,29,30). The minimum absolute atomic E-state index is 0.00849. The van der Waals surface area contributed by atoms with Crippen LogP contribution >= 0.6 is 30.8 Å². The van der Waals surface area contributed by atoms with Crippen molar-refractivity contribution in [2.45, 2.75) is 0 Å². The maximum absolute atomic E-state index is 11.7. The molecule has 7 heteroatoms. The normalized spacial score (nSPS) is 12.0. The molecule has 0 saturated heterocycles. The average Bonchev–Trinajstić information content (AvgIpc) is 3.05. The van der Waals surface area contributed by atoms with Gasteiger partial charge in [-0.3, -0.25) is 4.57 Å². The van der Waals surface area contributed by atoms with Gasteiger partial charge < -0.3 is 14.4 Å². The summed E-state index contributed by atoms with van der Waals surface area (Å²) >= 11 is 12.6. The molecular formula is C24H16Cl2NO3P. The summed E-state index contributed by atoms with van der Waals surface area (Å²) in [4.78, 5) is 19.1. The Balaban J connectivity index is 1.76. The average molecular weight is 468 g/mol. The van der Waals surface area contributed by atoms with E-state index in [9.17, 15) is 14.4 Å². The van der Waals surface area contributed by atoms with Crippen molar-refractivity contribution in [3.63, 3.8) is 0 Å². The van der Waals surface area contributed by atoms with Crippen molar-refractivity contribution in [2.24, 2.45) is 0 Å². The number of aromatic nitrogens is 1. The summed E-state index contributed by atoms with van der Waals surface area (Å²) in [6.07, 6.45) is 0. The molecule has 0 radical (unpaired) electrons. The van der Waals surface area contributed by atoms with Gasteiger partial charge in [-0.1, -0.05) is 59.6 Å². The van der Waals surface area contributed by atoms with Crippen molar-refractivity contribution in [1.82, 2.24) is 4.57 Å². The molecule has 2 N–H and O–H groups in total. The molecule has 5 aromatic rings. The lowest BCUT2D eigenvalue weighted by atomic mass is 10.1. The van der Waals surface area contributed by atoms with Crippen LogP contribution in [0.1, 0.15) is 0 Å². The predicted octanol–water partition coefficient (Wildman–Crippen LogP) is 6.56. The maximum Gasteiger partial charge on any atom is 0.356 e. The Kier molecular flexibility index (Phi) is 4.93. The molecule has 4 nitrogen and oxygen atoms in total. The van der Waals surface area contributed by atoms with Gasteiger partial charge in [-0.2, -0.15) is 0 Å². The van der Waals surface area contributed by atoms with Gasteiger partial charge in [-0.15, -0.1) is 0 Å². The molecule has 5 rings (SSSR count). The van der Waals surface area contributed by atoms with Crippen LogP contribution in [0.4, 0.5) is 0 Å². The summed E-state index contributed by atoms with van der Waals surface area (Å²) in [6.45, 7) is 0. The van der Waals surface area contributed by atoms with E-state index in [4.69, 9.17) is 23.2 Å². The fraction of sp³-hybridized carbons (Fsp3) is 0. The van der Waals surface area contributed by atoms with E-state index in [-0.39, 0.29) is 5.30 Å². The highest BCUT2D eigenvalue weighted by Gasteiger charge is 2.18. The molecule has 1 heterocycles. The minimum atomic E-state index is -4.34. The van der Waals surface area contributed by atoms with Gasteiger partial charge in [-0.05, 0) is 59.7 Å². The smallest absolute Gasteiger partial charge is 0.321 e. The summed E-state index contributed by atoms with van der Waals surface area (Å²) < 4.78 is 13.8. The monoisotopic (exact) mass is 467 g/mol. The van der Waals surface area contributed by atoms with Crippen LogP contribution in [0.15, 0.2) is 84.9 Å². The highest BCUT2D eigenvalue weighted by Crippen LogP contribution is 2.37. The summed E-state index contributed by atoms with van der Waals surface area (Å²) in [6, 6.07) is 25.8. The van der Waals surface area contributed by atoms with Gasteiger partial charge >= 0.3 is 7.60 Å². The largest absolute Gasteiger partial charge is 0.356 e. The van der Waals surface area contributed by atoms with Crippen LogP contribution in [-0.2, 0) is 4.57 Å². The zero-order valence-electron chi connectivity index (χ0n) is 16.0. The lowest BCUT2D eigenvalue weighted by molar-refractivity contribution is 0.387. The number of benzene rings is 4. The Bertz CT molecular complexity index is 1460. The maximum atomic E-state index is 11.7.